The van der Waals surface area contributed by atoms with E-state index in [-0.39, 0.29) is 22.4 Å². The largest absolute Gasteiger partial charge is 0.293 e. The van der Waals surface area contributed by atoms with Gasteiger partial charge in [-0.2, -0.15) is 0 Å². The molecule has 6 nitrogen and oxygen atoms in total. The molecule has 21 heavy (non-hydrogen) atoms. The van der Waals surface area contributed by atoms with Gasteiger partial charge in [0.25, 0.3) is 16.8 Å². The van der Waals surface area contributed by atoms with Crippen molar-refractivity contribution in [3.05, 3.63) is 57.0 Å². The minimum atomic E-state index is -0.510. The fourth-order valence-corrected chi connectivity index (χ4v) is 2.62. The van der Waals surface area contributed by atoms with Gasteiger partial charge in [-0.05, 0) is 30.3 Å². The Bertz CT molecular complexity index is 681. The minimum absolute atomic E-state index is 0.0649. The van der Waals surface area contributed by atoms with E-state index < -0.39 is 10.8 Å². The third-order valence-corrected chi connectivity index (χ3v) is 3.59. The zero-order valence-electron chi connectivity index (χ0n) is 11.2. The van der Waals surface area contributed by atoms with Crippen molar-refractivity contribution in [1.29, 1.82) is 0 Å². The molecule has 1 heterocycles. The molecule has 0 spiro atoms. The second-order valence-electron chi connectivity index (χ2n) is 4.58. The summed E-state index contributed by atoms with van der Waals surface area (Å²) in [6, 6.07) is 5.89. The van der Waals surface area contributed by atoms with Crippen molar-refractivity contribution in [1.82, 2.24) is 4.90 Å². The van der Waals surface area contributed by atoms with Crippen LogP contribution >= 0.6 is 11.8 Å². The monoisotopic (exact) mass is 304 g/mol. The summed E-state index contributed by atoms with van der Waals surface area (Å²) in [6.45, 7) is 5.58. The number of imide groups is 1. The van der Waals surface area contributed by atoms with Crippen LogP contribution in [0.15, 0.2) is 41.3 Å². The van der Waals surface area contributed by atoms with E-state index in [1.54, 1.807) is 13.0 Å². The lowest BCUT2D eigenvalue weighted by molar-refractivity contribution is -0.384. The molecule has 0 aromatic heterocycles. The number of amides is 2. The Labute approximate surface area is 125 Å². The summed E-state index contributed by atoms with van der Waals surface area (Å²) in [6.07, 6.45) is 1.48. The molecule has 7 heteroatoms. The van der Waals surface area contributed by atoms with Crippen LogP contribution in [-0.2, 0) is 4.79 Å². The molecule has 1 aliphatic rings. The molecule has 108 valence electrons. The van der Waals surface area contributed by atoms with Gasteiger partial charge >= 0.3 is 0 Å². The smallest absolute Gasteiger partial charge is 0.268 e. The van der Waals surface area contributed by atoms with Crippen LogP contribution in [0.2, 0.25) is 0 Å². The topological polar surface area (TPSA) is 80.5 Å². The molecule has 2 rings (SSSR count). The minimum Gasteiger partial charge on any atom is -0.268 e. The number of rotatable bonds is 4. The van der Waals surface area contributed by atoms with Gasteiger partial charge in [0.2, 0.25) is 0 Å². The molecule has 0 saturated carbocycles. The molecular formula is C14H12N2O4S. The Morgan fingerprint density at radius 3 is 2.81 bits per heavy atom. The SMILES string of the molecule is C=C(C)CN1C(=O)S/C(=C/c2cccc([N+](=O)[O-])c2)C1=O. The number of hydrogen-bond donors (Lipinski definition) is 0. The van der Waals surface area contributed by atoms with Crippen LogP contribution in [0, 0.1) is 10.1 Å². The number of benzene rings is 1. The van der Waals surface area contributed by atoms with Crippen molar-refractivity contribution in [2.45, 2.75) is 6.92 Å². The molecule has 1 aromatic rings. The molecule has 1 fully saturated rings. The van der Waals surface area contributed by atoms with Gasteiger partial charge in [-0.25, -0.2) is 0 Å². The molecular weight excluding hydrogens is 292 g/mol. The predicted molar refractivity (Wildman–Crippen MR) is 80.6 cm³/mol. The Kier molecular flexibility index (Phi) is 4.23. The van der Waals surface area contributed by atoms with Gasteiger partial charge in [-0.1, -0.05) is 24.3 Å². The first-order valence-electron chi connectivity index (χ1n) is 6.02. The van der Waals surface area contributed by atoms with Gasteiger partial charge in [0.15, 0.2) is 0 Å². The molecule has 0 N–H and O–H groups in total. The molecule has 1 saturated heterocycles. The van der Waals surface area contributed by atoms with E-state index in [0.717, 1.165) is 16.7 Å². The molecule has 1 aromatic carbocycles. The summed E-state index contributed by atoms with van der Waals surface area (Å²) in [4.78, 5) is 35.5. The van der Waals surface area contributed by atoms with Crippen molar-refractivity contribution >= 4 is 34.7 Å². The average molecular weight is 304 g/mol. The number of carbonyl (C=O) groups is 2. The van der Waals surface area contributed by atoms with Crippen LogP contribution in [0.5, 0.6) is 0 Å². The second kappa shape index (κ2) is 5.92. The van der Waals surface area contributed by atoms with Crippen LogP contribution in [0.3, 0.4) is 0 Å². The van der Waals surface area contributed by atoms with Gasteiger partial charge in [-0.3, -0.25) is 24.6 Å². The maximum absolute atomic E-state index is 12.1. The van der Waals surface area contributed by atoms with E-state index in [0.29, 0.717) is 11.1 Å². The number of hydrogen-bond acceptors (Lipinski definition) is 5. The summed E-state index contributed by atoms with van der Waals surface area (Å²) < 4.78 is 0. The van der Waals surface area contributed by atoms with Crippen molar-refractivity contribution in [2.24, 2.45) is 0 Å². The lowest BCUT2D eigenvalue weighted by Crippen LogP contribution is -2.29. The van der Waals surface area contributed by atoms with Crippen molar-refractivity contribution in [3.8, 4) is 0 Å². The van der Waals surface area contributed by atoms with Crippen molar-refractivity contribution in [3.63, 3.8) is 0 Å². The lowest BCUT2D eigenvalue weighted by Gasteiger charge is -2.11. The molecule has 2 amide bonds. The third-order valence-electron chi connectivity index (χ3n) is 2.68. The molecule has 0 atom stereocenters. The second-order valence-corrected chi connectivity index (χ2v) is 5.57. The molecule has 0 bridgehead atoms. The van der Waals surface area contributed by atoms with Gasteiger partial charge in [0.1, 0.15) is 0 Å². The quantitative estimate of drug-likeness (QED) is 0.369. The number of non-ortho nitro benzene ring substituents is 1. The fraction of sp³-hybridized carbons (Fsp3) is 0.143. The van der Waals surface area contributed by atoms with Crippen molar-refractivity contribution in [2.75, 3.05) is 6.54 Å². The van der Waals surface area contributed by atoms with E-state index in [1.807, 2.05) is 0 Å². The number of thioether (sulfide) groups is 1. The van der Waals surface area contributed by atoms with Gasteiger partial charge < -0.3 is 0 Å². The standard InChI is InChI=1S/C14H12N2O4S/c1-9(2)8-15-13(17)12(21-14(15)18)7-10-4-3-5-11(6-10)16(19)20/h3-7H,1,8H2,2H3/b12-7+. The summed E-state index contributed by atoms with van der Waals surface area (Å²) in [5.74, 6) is -0.403. The van der Waals surface area contributed by atoms with E-state index >= 15 is 0 Å². The van der Waals surface area contributed by atoms with Gasteiger partial charge in [-0.15, -0.1) is 0 Å². The van der Waals surface area contributed by atoms with Crippen LogP contribution < -0.4 is 0 Å². The highest BCUT2D eigenvalue weighted by molar-refractivity contribution is 8.18. The highest BCUT2D eigenvalue weighted by atomic mass is 32.2. The maximum Gasteiger partial charge on any atom is 0.293 e. The van der Waals surface area contributed by atoms with Crippen molar-refractivity contribution < 1.29 is 14.5 Å². The lowest BCUT2D eigenvalue weighted by atomic mass is 10.2. The maximum atomic E-state index is 12.1. The fourth-order valence-electron chi connectivity index (χ4n) is 1.79. The first-order valence-corrected chi connectivity index (χ1v) is 6.84. The molecule has 0 aliphatic carbocycles. The van der Waals surface area contributed by atoms with Gasteiger partial charge in [0, 0.05) is 12.1 Å². The number of carbonyl (C=O) groups excluding carboxylic acids is 2. The Balaban J connectivity index is 2.28. The normalized spacial score (nSPS) is 16.6. The highest BCUT2D eigenvalue weighted by Crippen LogP contribution is 2.32. The zero-order chi connectivity index (χ0) is 15.6. The van der Waals surface area contributed by atoms with E-state index in [4.69, 9.17) is 0 Å². The third kappa shape index (κ3) is 3.38. The Morgan fingerprint density at radius 2 is 2.19 bits per heavy atom. The molecule has 0 unspecified atom stereocenters. The summed E-state index contributed by atoms with van der Waals surface area (Å²) in [5.41, 5.74) is 1.14. The Morgan fingerprint density at radius 1 is 1.48 bits per heavy atom. The number of nitrogens with zero attached hydrogens (tertiary/aromatic N) is 2. The number of nitro benzene ring substituents is 1. The highest BCUT2D eigenvalue weighted by Gasteiger charge is 2.34. The number of nitro groups is 1. The van der Waals surface area contributed by atoms with Crippen LogP contribution in [0.25, 0.3) is 6.08 Å². The van der Waals surface area contributed by atoms with Crippen LogP contribution in [0.1, 0.15) is 12.5 Å². The molecule has 0 radical (unpaired) electrons. The first-order chi connectivity index (χ1) is 9.88. The van der Waals surface area contributed by atoms with Crippen LogP contribution in [-0.4, -0.2) is 27.5 Å². The van der Waals surface area contributed by atoms with E-state index in [9.17, 15) is 19.7 Å². The summed E-state index contributed by atoms with van der Waals surface area (Å²) >= 11 is 0.820. The van der Waals surface area contributed by atoms with E-state index in [1.165, 1.54) is 24.3 Å². The Hall–Kier alpha value is -2.41. The first kappa shape index (κ1) is 15.0. The van der Waals surface area contributed by atoms with E-state index in [2.05, 4.69) is 6.58 Å². The summed E-state index contributed by atoms with van der Waals surface area (Å²) in [5, 5.41) is 10.4. The average Bonchev–Trinajstić information content (AvgIpc) is 2.66. The zero-order valence-corrected chi connectivity index (χ0v) is 12.1. The predicted octanol–water partition coefficient (Wildman–Crippen LogP) is 3.21. The van der Waals surface area contributed by atoms with Gasteiger partial charge in [0.05, 0.1) is 16.4 Å². The summed E-state index contributed by atoms with van der Waals surface area (Å²) in [7, 11) is 0. The van der Waals surface area contributed by atoms with Crippen LogP contribution in [0.4, 0.5) is 10.5 Å². The molecule has 1 aliphatic heterocycles.